The molecule has 0 saturated heterocycles. The number of nitrogens with zero attached hydrogens (tertiary/aromatic N) is 1. The molecule has 0 bridgehead atoms. The molecular weight excluding hydrogens is 200 g/mol. The van der Waals surface area contributed by atoms with Crippen molar-refractivity contribution >= 4 is 22.4 Å². The summed E-state index contributed by atoms with van der Waals surface area (Å²) in [7, 11) is 3.44. The Hall–Kier alpha value is -2.03. The fraction of sp³-hybridized carbons (Fsp3) is 0.154. The van der Waals surface area contributed by atoms with E-state index < -0.39 is 0 Å². The minimum Gasteiger partial charge on any atom is -0.398 e. The molecule has 82 valence electrons. The van der Waals surface area contributed by atoms with Crippen LogP contribution in [0, 0.1) is 0 Å². The van der Waals surface area contributed by atoms with Crippen LogP contribution in [0.3, 0.4) is 0 Å². The first-order valence-electron chi connectivity index (χ1n) is 5.09. The van der Waals surface area contributed by atoms with Crippen LogP contribution in [-0.4, -0.2) is 24.9 Å². The van der Waals surface area contributed by atoms with Crippen molar-refractivity contribution in [1.82, 2.24) is 4.90 Å². The monoisotopic (exact) mass is 214 g/mol. The standard InChI is InChI=1S/C13H14N2O/c1-15(2)13(16)11-7-9-5-3-4-6-10(9)8-12(11)14/h3-8H,14H2,1-2H3. The molecule has 0 spiro atoms. The van der Waals surface area contributed by atoms with E-state index in [0.29, 0.717) is 11.3 Å². The average molecular weight is 214 g/mol. The second kappa shape index (κ2) is 3.85. The number of amides is 1. The zero-order valence-electron chi connectivity index (χ0n) is 9.40. The topological polar surface area (TPSA) is 46.3 Å². The Morgan fingerprint density at radius 1 is 1.12 bits per heavy atom. The first-order valence-corrected chi connectivity index (χ1v) is 5.09. The lowest BCUT2D eigenvalue weighted by molar-refractivity contribution is 0.0829. The highest BCUT2D eigenvalue weighted by atomic mass is 16.2. The molecule has 0 aliphatic carbocycles. The van der Waals surface area contributed by atoms with Gasteiger partial charge in [-0.25, -0.2) is 0 Å². The number of rotatable bonds is 1. The zero-order valence-corrected chi connectivity index (χ0v) is 9.40. The Balaban J connectivity index is 2.63. The Morgan fingerprint density at radius 3 is 2.25 bits per heavy atom. The molecule has 0 heterocycles. The quantitative estimate of drug-likeness (QED) is 0.739. The summed E-state index contributed by atoms with van der Waals surface area (Å²) in [6, 6.07) is 11.5. The van der Waals surface area contributed by atoms with Crippen LogP contribution in [0.25, 0.3) is 10.8 Å². The summed E-state index contributed by atoms with van der Waals surface area (Å²) < 4.78 is 0. The van der Waals surface area contributed by atoms with Gasteiger partial charge in [0.2, 0.25) is 0 Å². The Kier molecular flexibility index (Phi) is 2.52. The maximum atomic E-state index is 11.9. The smallest absolute Gasteiger partial charge is 0.255 e. The van der Waals surface area contributed by atoms with Gasteiger partial charge in [0.15, 0.2) is 0 Å². The highest BCUT2D eigenvalue weighted by Gasteiger charge is 2.12. The SMILES string of the molecule is CN(C)C(=O)c1cc2ccccc2cc1N. The summed E-state index contributed by atoms with van der Waals surface area (Å²) in [6.07, 6.45) is 0. The fourth-order valence-corrected chi connectivity index (χ4v) is 1.68. The van der Waals surface area contributed by atoms with Gasteiger partial charge in [0.05, 0.1) is 5.56 Å². The van der Waals surface area contributed by atoms with Gasteiger partial charge in [0.25, 0.3) is 5.91 Å². The lowest BCUT2D eigenvalue weighted by Gasteiger charge is -2.13. The van der Waals surface area contributed by atoms with Crippen molar-refractivity contribution in [3.8, 4) is 0 Å². The normalized spacial score (nSPS) is 10.4. The molecule has 16 heavy (non-hydrogen) atoms. The first kappa shape index (κ1) is 10.5. The lowest BCUT2D eigenvalue weighted by atomic mass is 10.0. The van der Waals surface area contributed by atoms with Crippen LogP contribution < -0.4 is 5.73 Å². The Bertz CT molecular complexity index is 547. The molecule has 2 aromatic rings. The van der Waals surface area contributed by atoms with Gasteiger partial charge in [-0.3, -0.25) is 4.79 Å². The van der Waals surface area contributed by atoms with Crippen molar-refractivity contribution in [1.29, 1.82) is 0 Å². The van der Waals surface area contributed by atoms with Crippen molar-refractivity contribution in [2.75, 3.05) is 19.8 Å². The molecule has 0 atom stereocenters. The molecule has 3 heteroatoms. The van der Waals surface area contributed by atoms with Crippen molar-refractivity contribution in [2.45, 2.75) is 0 Å². The van der Waals surface area contributed by atoms with E-state index in [1.54, 1.807) is 14.1 Å². The number of nitrogen functional groups attached to an aromatic ring is 1. The van der Waals surface area contributed by atoms with Crippen LogP contribution >= 0.6 is 0 Å². The van der Waals surface area contributed by atoms with Gasteiger partial charge in [-0.1, -0.05) is 24.3 Å². The number of carbonyl (C=O) groups is 1. The van der Waals surface area contributed by atoms with Crippen LogP contribution in [0.2, 0.25) is 0 Å². The molecule has 3 nitrogen and oxygen atoms in total. The van der Waals surface area contributed by atoms with Crippen molar-refractivity contribution in [3.05, 3.63) is 42.0 Å². The van der Waals surface area contributed by atoms with Gasteiger partial charge in [-0.15, -0.1) is 0 Å². The highest BCUT2D eigenvalue weighted by Crippen LogP contribution is 2.22. The Morgan fingerprint density at radius 2 is 1.69 bits per heavy atom. The zero-order chi connectivity index (χ0) is 11.7. The minimum atomic E-state index is -0.0664. The van der Waals surface area contributed by atoms with E-state index in [9.17, 15) is 4.79 Å². The van der Waals surface area contributed by atoms with E-state index in [0.717, 1.165) is 10.8 Å². The van der Waals surface area contributed by atoms with Gasteiger partial charge >= 0.3 is 0 Å². The second-order valence-corrected chi connectivity index (χ2v) is 3.99. The largest absolute Gasteiger partial charge is 0.398 e. The number of benzene rings is 2. The van der Waals surface area contributed by atoms with Crippen molar-refractivity contribution < 1.29 is 4.79 Å². The van der Waals surface area contributed by atoms with Crippen LogP contribution in [0.1, 0.15) is 10.4 Å². The van der Waals surface area contributed by atoms with Crippen LogP contribution in [0.5, 0.6) is 0 Å². The number of anilines is 1. The number of hydrogen-bond acceptors (Lipinski definition) is 2. The third kappa shape index (κ3) is 1.72. The molecule has 2 N–H and O–H groups in total. The summed E-state index contributed by atoms with van der Waals surface area (Å²) in [5.41, 5.74) is 6.96. The van der Waals surface area contributed by atoms with E-state index in [2.05, 4.69) is 0 Å². The third-order valence-corrected chi connectivity index (χ3v) is 2.55. The number of hydrogen-bond donors (Lipinski definition) is 1. The van der Waals surface area contributed by atoms with Gasteiger partial charge in [-0.05, 0) is 22.9 Å². The predicted octanol–water partition coefficient (Wildman–Crippen LogP) is 2.12. The maximum Gasteiger partial charge on any atom is 0.255 e. The molecule has 0 saturated carbocycles. The predicted molar refractivity (Wildman–Crippen MR) is 66.4 cm³/mol. The lowest BCUT2D eigenvalue weighted by Crippen LogP contribution is -2.22. The van der Waals surface area contributed by atoms with Crippen LogP contribution in [0.4, 0.5) is 5.69 Å². The molecule has 2 rings (SSSR count). The van der Waals surface area contributed by atoms with Crippen molar-refractivity contribution in [2.24, 2.45) is 0 Å². The van der Waals surface area contributed by atoms with E-state index in [1.807, 2.05) is 36.4 Å². The molecule has 0 radical (unpaired) electrons. The van der Waals surface area contributed by atoms with E-state index >= 15 is 0 Å². The third-order valence-electron chi connectivity index (χ3n) is 2.55. The molecule has 0 fully saturated rings. The second-order valence-electron chi connectivity index (χ2n) is 3.99. The summed E-state index contributed by atoms with van der Waals surface area (Å²) >= 11 is 0. The summed E-state index contributed by atoms with van der Waals surface area (Å²) in [6.45, 7) is 0. The van der Waals surface area contributed by atoms with E-state index in [4.69, 9.17) is 5.73 Å². The average Bonchev–Trinajstić information content (AvgIpc) is 2.27. The molecule has 0 aliphatic rings. The molecule has 0 aromatic heterocycles. The number of nitrogens with two attached hydrogens (primary N) is 1. The molecule has 0 aliphatic heterocycles. The Labute approximate surface area is 94.5 Å². The van der Waals surface area contributed by atoms with E-state index in [1.165, 1.54) is 4.90 Å². The summed E-state index contributed by atoms with van der Waals surface area (Å²) in [4.78, 5) is 13.4. The maximum absolute atomic E-state index is 11.9. The van der Waals surface area contributed by atoms with Crippen LogP contribution in [-0.2, 0) is 0 Å². The van der Waals surface area contributed by atoms with E-state index in [-0.39, 0.29) is 5.91 Å². The number of fused-ring (bicyclic) bond motifs is 1. The van der Waals surface area contributed by atoms with Crippen molar-refractivity contribution in [3.63, 3.8) is 0 Å². The van der Waals surface area contributed by atoms with Gasteiger partial charge in [0, 0.05) is 19.8 Å². The molecule has 1 amide bonds. The molecule has 2 aromatic carbocycles. The molecular formula is C13H14N2O. The highest BCUT2D eigenvalue weighted by molar-refractivity contribution is 6.03. The van der Waals surface area contributed by atoms with Gasteiger partial charge in [0.1, 0.15) is 0 Å². The summed E-state index contributed by atoms with van der Waals surface area (Å²) in [5, 5.41) is 2.08. The number of carbonyl (C=O) groups excluding carboxylic acids is 1. The fourth-order valence-electron chi connectivity index (χ4n) is 1.68. The molecule has 0 unspecified atom stereocenters. The van der Waals surface area contributed by atoms with Gasteiger partial charge in [-0.2, -0.15) is 0 Å². The van der Waals surface area contributed by atoms with Crippen LogP contribution in [0.15, 0.2) is 36.4 Å². The minimum absolute atomic E-state index is 0.0664. The summed E-state index contributed by atoms with van der Waals surface area (Å²) in [5.74, 6) is -0.0664. The first-order chi connectivity index (χ1) is 7.59. The van der Waals surface area contributed by atoms with Gasteiger partial charge < -0.3 is 10.6 Å².